The van der Waals surface area contributed by atoms with Crippen molar-refractivity contribution in [1.82, 2.24) is 15.1 Å². The summed E-state index contributed by atoms with van der Waals surface area (Å²) in [6, 6.07) is 6.33. The third-order valence-electron chi connectivity index (χ3n) is 10.3. The van der Waals surface area contributed by atoms with Gasteiger partial charge in [-0.1, -0.05) is 38.8 Å². The van der Waals surface area contributed by atoms with E-state index in [4.69, 9.17) is 14.2 Å². The molecule has 5 aliphatic rings. The molecule has 3 saturated heterocycles. The number of fused-ring (bicyclic) bond motifs is 1. The highest BCUT2D eigenvalue weighted by atomic mass is 16.5. The van der Waals surface area contributed by atoms with E-state index >= 15 is 0 Å². The van der Waals surface area contributed by atoms with Crippen LogP contribution in [0.25, 0.3) is 0 Å². The van der Waals surface area contributed by atoms with Gasteiger partial charge >= 0.3 is 0 Å². The van der Waals surface area contributed by atoms with Gasteiger partial charge in [0.1, 0.15) is 17.4 Å². The molecule has 2 N–H and O–H groups in total. The lowest BCUT2D eigenvalue weighted by molar-refractivity contribution is -0.141. The number of methoxy groups -OCH3 is 1. The molecule has 10 nitrogen and oxygen atoms in total. The summed E-state index contributed by atoms with van der Waals surface area (Å²) < 4.78 is 17.2. The summed E-state index contributed by atoms with van der Waals surface area (Å²) >= 11 is 0. The van der Waals surface area contributed by atoms with Crippen molar-refractivity contribution < 1.29 is 28.6 Å². The van der Waals surface area contributed by atoms with Gasteiger partial charge in [-0.25, -0.2) is 0 Å². The number of morpholine rings is 1. The Kier molecular flexibility index (Phi) is 8.31. The summed E-state index contributed by atoms with van der Waals surface area (Å²) in [5, 5.41) is 6.30. The lowest BCUT2D eigenvalue weighted by Gasteiger charge is -2.38. The van der Waals surface area contributed by atoms with Crippen molar-refractivity contribution >= 4 is 23.4 Å². The van der Waals surface area contributed by atoms with Gasteiger partial charge < -0.3 is 29.7 Å². The minimum absolute atomic E-state index is 0.0544. The molecular weight excluding hydrogens is 536 g/mol. The molecule has 4 aliphatic heterocycles. The molecule has 42 heavy (non-hydrogen) atoms. The van der Waals surface area contributed by atoms with Crippen LogP contribution >= 0.6 is 0 Å². The average molecular weight is 581 g/mol. The highest BCUT2D eigenvalue weighted by molar-refractivity contribution is 6.02. The fourth-order valence-corrected chi connectivity index (χ4v) is 7.74. The Balaban J connectivity index is 1.24. The fourth-order valence-electron chi connectivity index (χ4n) is 7.74. The van der Waals surface area contributed by atoms with Gasteiger partial charge in [0, 0.05) is 37.9 Å². The standard InChI is InChI=1S/C32H44N4O6/c1-20-6-4-7-24(21(20)2)34-30(38)28-32-13-12-25(42-32)26(29(37)33-22-8-10-23(40-3)11-9-22)27(32)31(39)36(28)15-5-14-35-16-18-41-19-17-35/h8-13,20-21,24-28H,4-7,14-19H2,1-3H3,(H,33,37)(H,34,38)/t20?,21?,24?,25-,26?,27-,28?,32?/m0/s1. The van der Waals surface area contributed by atoms with E-state index in [2.05, 4.69) is 29.4 Å². The zero-order valence-corrected chi connectivity index (χ0v) is 24.9. The second kappa shape index (κ2) is 12.0. The maximum absolute atomic E-state index is 14.2. The average Bonchev–Trinajstić information content (AvgIpc) is 3.64. The second-order valence-electron chi connectivity index (χ2n) is 12.6. The first-order valence-electron chi connectivity index (χ1n) is 15.6. The molecule has 4 heterocycles. The van der Waals surface area contributed by atoms with E-state index in [0.717, 1.165) is 45.3 Å². The van der Waals surface area contributed by atoms with E-state index in [1.165, 1.54) is 0 Å². The summed E-state index contributed by atoms with van der Waals surface area (Å²) in [6.45, 7) is 8.84. The Bertz CT molecular complexity index is 1200. The number of carbonyl (C=O) groups excluding carboxylic acids is 3. The van der Waals surface area contributed by atoms with E-state index in [1.54, 1.807) is 36.3 Å². The summed E-state index contributed by atoms with van der Waals surface area (Å²) in [6.07, 6.45) is 7.08. The number of rotatable bonds is 9. The Labute approximate surface area is 248 Å². The number of benzene rings is 1. The summed E-state index contributed by atoms with van der Waals surface area (Å²) in [4.78, 5) is 46.1. The Morgan fingerprint density at radius 2 is 1.83 bits per heavy atom. The van der Waals surface area contributed by atoms with Crippen molar-refractivity contribution in [2.45, 2.75) is 63.3 Å². The number of carbonyl (C=O) groups is 3. The summed E-state index contributed by atoms with van der Waals surface area (Å²) in [5.41, 5.74) is -0.542. The van der Waals surface area contributed by atoms with Gasteiger partial charge in [-0.3, -0.25) is 19.3 Å². The Morgan fingerprint density at radius 3 is 2.57 bits per heavy atom. The lowest BCUT2D eigenvalue weighted by Crippen LogP contribution is -2.58. The molecule has 1 aliphatic carbocycles. The predicted octanol–water partition coefficient (Wildman–Crippen LogP) is 2.45. The molecule has 228 valence electrons. The van der Waals surface area contributed by atoms with Gasteiger partial charge in [0.05, 0.1) is 38.3 Å². The predicted molar refractivity (Wildman–Crippen MR) is 157 cm³/mol. The van der Waals surface area contributed by atoms with Crippen molar-refractivity contribution in [1.29, 1.82) is 0 Å². The normalized spacial score (nSPS) is 35.7. The highest BCUT2D eigenvalue weighted by Gasteiger charge is 2.72. The van der Waals surface area contributed by atoms with Gasteiger partial charge in [-0.2, -0.15) is 0 Å². The number of hydrogen-bond acceptors (Lipinski definition) is 7. The van der Waals surface area contributed by atoms with E-state index in [1.807, 2.05) is 12.2 Å². The number of likely N-dealkylation sites (tertiary alicyclic amines) is 1. The Hall–Kier alpha value is -2.95. The molecule has 1 saturated carbocycles. The summed E-state index contributed by atoms with van der Waals surface area (Å²) in [7, 11) is 1.59. The molecule has 2 bridgehead atoms. The first-order chi connectivity index (χ1) is 20.3. The lowest BCUT2D eigenvalue weighted by atomic mass is 9.73. The minimum atomic E-state index is -1.16. The molecule has 0 aromatic heterocycles. The van der Waals surface area contributed by atoms with E-state index in [0.29, 0.717) is 43.0 Å². The molecular formula is C32H44N4O6. The SMILES string of the molecule is COc1ccc(NC(=O)C2[C@@H]3C=CC4(O3)C(C(=O)NC3CCCC(C)C3C)N(CCCN3CCOCC3)C(=O)[C@H]24)cc1. The Morgan fingerprint density at radius 1 is 1.07 bits per heavy atom. The molecule has 1 spiro atoms. The van der Waals surface area contributed by atoms with Crippen LogP contribution in [0.5, 0.6) is 5.75 Å². The van der Waals surface area contributed by atoms with Crippen molar-refractivity contribution in [2.24, 2.45) is 23.7 Å². The van der Waals surface area contributed by atoms with Crippen LogP contribution < -0.4 is 15.4 Å². The minimum Gasteiger partial charge on any atom is -0.497 e. The number of anilines is 1. The molecule has 0 radical (unpaired) electrons. The quantitative estimate of drug-likeness (QED) is 0.432. The van der Waals surface area contributed by atoms with E-state index < -0.39 is 29.6 Å². The van der Waals surface area contributed by atoms with Gasteiger partial charge in [0.25, 0.3) is 0 Å². The topological polar surface area (TPSA) is 109 Å². The molecule has 6 rings (SSSR count). The van der Waals surface area contributed by atoms with Crippen LogP contribution in [-0.2, 0) is 23.9 Å². The molecule has 1 aromatic carbocycles. The smallest absolute Gasteiger partial charge is 0.246 e. The van der Waals surface area contributed by atoms with Crippen molar-refractivity contribution in [3.05, 3.63) is 36.4 Å². The zero-order valence-electron chi connectivity index (χ0n) is 24.9. The summed E-state index contributed by atoms with van der Waals surface area (Å²) in [5.74, 6) is -0.554. The van der Waals surface area contributed by atoms with Crippen LogP contribution in [0.3, 0.4) is 0 Å². The van der Waals surface area contributed by atoms with Gasteiger partial charge in [-0.15, -0.1) is 0 Å². The molecule has 10 heteroatoms. The maximum atomic E-state index is 14.2. The molecule has 8 atom stereocenters. The molecule has 3 amide bonds. The van der Waals surface area contributed by atoms with Crippen LogP contribution in [0, 0.1) is 23.7 Å². The van der Waals surface area contributed by atoms with Crippen molar-refractivity contribution in [3.63, 3.8) is 0 Å². The molecule has 6 unspecified atom stereocenters. The van der Waals surface area contributed by atoms with Crippen molar-refractivity contribution in [2.75, 3.05) is 51.8 Å². The zero-order chi connectivity index (χ0) is 29.4. The molecule has 4 fully saturated rings. The third kappa shape index (κ3) is 5.22. The first-order valence-corrected chi connectivity index (χ1v) is 15.6. The van der Waals surface area contributed by atoms with Crippen LogP contribution in [-0.4, -0.2) is 97.8 Å². The largest absolute Gasteiger partial charge is 0.497 e. The van der Waals surface area contributed by atoms with Crippen LogP contribution in [0.15, 0.2) is 36.4 Å². The molecule has 1 aromatic rings. The fraction of sp³-hybridized carbons (Fsp3) is 0.656. The third-order valence-corrected chi connectivity index (χ3v) is 10.3. The monoisotopic (exact) mass is 580 g/mol. The van der Waals surface area contributed by atoms with E-state index in [9.17, 15) is 14.4 Å². The van der Waals surface area contributed by atoms with Crippen LogP contribution in [0.1, 0.15) is 39.5 Å². The van der Waals surface area contributed by atoms with Crippen LogP contribution in [0.4, 0.5) is 5.69 Å². The first kappa shape index (κ1) is 29.1. The number of hydrogen-bond donors (Lipinski definition) is 2. The van der Waals surface area contributed by atoms with Gasteiger partial charge in [0.15, 0.2) is 0 Å². The van der Waals surface area contributed by atoms with Crippen LogP contribution in [0.2, 0.25) is 0 Å². The number of nitrogens with one attached hydrogen (secondary N) is 2. The van der Waals surface area contributed by atoms with Crippen molar-refractivity contribution in [3.8, 4) is 5.75 Å². The highest BCUT2D eigenvalue weighted by Crippen LogP contribution is 2.55. The maximum Gasteiger partial charge on any atom is 0.246 e. The number of ether oxygens (including phenoxy) is 3. The number of nitrogens with zero attached hydrogens (tertiary/aromatic N) is 2. The van der Waals surface area contributed by atoms with Gasteiger partial charge in [-0.05, 0) is 48.9 Å². The second-order valence-corrected chi connectivity index (χ2v) is 12.6. The number of amides is 3. The van der Waals surface area contributed by atoms with Gasteiger partial charge in [0.2, 0.25) is 17.7 Å². The van der Waals surface area contributed by atoms with E-state index in [-0.39, 0.29) is 23.8 Å².